The Kier molecular flexibility index (Phi) is 4.20. The first-order chi connectivity index (χ1) is 5.11. The highest BCUT2D eigenvalue weighted by atomic mass is 35.5. The van der Waals surface area contributed by atoms with E-state index in [1.165, 1.54) is 6.92 Å². The number of Topliss-reactive ketones (excluding diaryl/α,β-unsaturated/α-hetero) is 1. The van der Waals surface area contributed by atoms with Crippen LogP contribution >= 0.6 is 12.4 Å². The van der Waals surface area contributed by atoms with Gasteiger partial charge in [0.25, 0.3) is 0 Å². The summed E-state index contributed by atoms with van der Waals surface area (Å²) in [6.45, 7) is 2.40. The quantitative estimate of drug-likeness (QED) is 0.566. The van der Waals surface area contributed by atoms with Crippen LogP contribution in [0.2, 0.25) is 0 Å². The molecule has 0 aromatic heterocycles. The van der Waals surface area contributed by atoms with Crippen LogP contribution in [0.5, 0.6) is 0 Å². The lowest BCUT2D eigenvalue weighted by Gasteiger charge is -2.28. The van der Waals surface area contributed by atoms with Gasteiger partial charge in [-0.25, -0.2) is 0 Å². The van der Waals surface area contributed by atoms with Gasteiger partial charge >= 0.3 is 0 Å². The van der Waals surface area contributed by atoms with Gasteiger partial charge in [-0.15, -0.1) is 12.4 Å². The largest absolute Gasteiger partial charge is 0.340 e. The Morgan fingerprint density at radius 2 is 2.25 bits per heavy atom. The number of piperidine rings is 1. The van der Waals surface area contributed by atoms with Crippen LogP contribution in [0.4, 0.5) is 0 Å². The van der Waals surface area contributed by atoms with E-state index < -0.39 is 6.04 Å². The molecule has 1 aliphatic heterocycles. The van der Waals surface area contributed by atoms with E-state index in [-0.39, 0.29) is 24.1 Å². The van der Waals surface area contributed by atoms with Crippen molar-refractivity contribution in [1.82, 2.24) is 4.90 Å². The molecule has 0 aromatic rings. The molecule has 1 rings (SSSR count). The molecular weight excluding hydrogens is 180 g/mol. The summed E-state index contributed by atoms with van der Waals surface area (Å²) in [6.07, 6.45) is 0.404. The fourth-order valence-corrected chi connectivity index (χ4v) is 1.15. The fraction of sp³-hybridized carbons (Fsp3) is 0.714. The third kappa shape index (κ3) is 2.46. The van der Waals surface area contributed by atoms with Crippen molar-refractivity contribution in [2.24, 2.45) is 5.73 Å². The molecule has 0 aromatic carbocycles. The van der Waals surface area contributed by atoms with Gasteiger partial charge < -0.3 is 10.6 Å². The molecule has 1 amide bonds. The Balaban J connectivity index is 0.00000121. The molecule has 0 saturated carbocycles. The van der Waals surface area contributed by atoms with E-state index in [2.05, 4.69) is 0 Å². The van der Waals surface area contributed by atoms with Crippen molar-refractivity contribution in [3.05, 3.63) is 0 Å². The standard InChI is InChI=1S/C7H12N2O2.ClH/c1-5(10)9-3-2-7(11)6(8)4-9;/h6H,2-4,8H2,1H3;1H. The number of amides is 1. The lowest BCUT2D eigenvalue weighted by atomic mass is 10.1. The van der Waals surface area contributed by atoms with Crippen molar-refractivity contribution < 1.29 is 9.59 Å². The first-order valence-electron chi connectivity index (χ1n) is 3.65. The molecule has 1 fully saturated rings. The third-order valence-corrected chi connectivity index (χ3v) is 1.90. The van der Waals surface area contributed by atoms with Gasteiger partial charge in [0.05, 0.1) is 6.04 Å². The van der Waals surface area contributed by atoms with Crippen LogP contribution in [0, 0.1) is 0 Å². The van der Waals surface area contributed by atoms with Gasteiger partial charge in [-0.2, -0.15) is 0 Å². The monoisotopic (exact) mass is 192 g/mol. The topological polar surface area (TPSA) is 63.4 Å². The minimum Gasteiger partial charge on any atom is -0.340 e. The van der Waals surface area contributed by atoms with Crippen molar-refractivity contribution in [2.45, 2.75) is 19.4 Å². The number of halogens is 1. The van der Waals surface area contributed by atoms with E-state index in [0.29, 0.717) is 19.5 Å². The van der Waals surface area contributed by atoms with E-state index >= 15 is 0 Å². The Labute approximate surface area is 77.5 Å². The minimum absolute atomic E-state index is 0. The van der Waals surface area contributed by atoms with E-state index in [0.717, 1.165) is 0 Å². The molecule has 4 nitrogen and oxygen atoms in total. The molecule has 1 atom stereocenters. The normalized spacial score (nSPS) is 23.3. The number of hydrogen-bond donors (Lipinski definition) is 1. The lowest BCUT2D eigenvalue weighted by molar-refractivity contribution is -0.133. The van der Waals surface area contributed by atoms with Gasteiger partial charge in [0.2, 0.25) is 5.91 Å². The van der Waals surface area contributed by atoms with Gasteiger partial charge in [0.15, 0.2) is 5.78 Å². The zero-order valence-corrected chi connectivity index (χ0v) is 7.76. The van der Waals surface area contributed by atoms with Crippen LogP contribution in [0.15, 0.2) is 0 Å². The van der Waals surface area contributed by atoms with Crippen molar-refractivity contribution in [1.29, 1.82) is 0 Å². The lowest BCUT2D eigenvalue weighted by Crippen LogP contribution is -2.50. The van der Waals surface area contributed by atoms with Crippen molar-refractivity contribution >= 4 is 24.1 Å². The van der Waals surface area contributed by atoms with Crippen LogP contribution in [-0.2, 0) is 9.59 Å². The summed E-state index contributed by atoms with van der Waals surface area (Å²) in [5.74, 6) is 0.0513. The van der Waals surface area contributed by atoms with Crippen LogP contribution in [0.3, 0.4) is 0 Å². The number of carbonyl (C=O) groups is 2. The summed E-state index contributed by atoms with van der Waals surface area (Å²) in [5, 5.41) is 0. The van der Waals surface area contributed by atoms with Gasteiger partial charge in [-0.3, -0.25) is 9.59 Å². The number of hydrogen-bond acceptors (Lipinski definition) is 3. The average Bonchev–Trinajstić information content (AvgIpc) is 1.94. The van der Waals surface area contributed by atoms with Crippen LogP contribution in [0.25, 0.3) is 0 Å². The van der Waals surface area contributed by atoms with Gasteiger partial charge in [-0.05, 0) is 0 Å². The van der Waals surface area contributed by atoms with E-state index in [1.54, 1.807) is 4.90 Å². The molecule has 0 radical (unpaired) electrons. The summed E-state index contributed by atoms with van der Waals surface area (Å²) in [5.41, 5.74) is 5.46. The molecular formula is C7H13ClN2O2. The Morgan fingerprint density at radius 1 is 1.67 bits per heavy atom. The molecule has 2 N–H and O–H groups in total. The molecule has 1 aliphatic rings. The Bertz CT molecular complexity index is 196. The zero-order chi connectivity index (χ0) is 8.43. The SMILES string of the molecule is CC(=O)N1CCC(=O)C(N)C1.Cl. The second-order valence-corrected chi connectivity index (χ2v) is 2.79. The fourth-order valence-electron chi connectivity index (χ4n) is 1.15. The maximum absolute atomic E-state index is 10.9. The zero-order valence-electron chi connectivity index (χ0n) is 6.95. The molecule has 5 heteroatoms. The number of nitrogens with two attached hydrogens (primary N) is 1. The number of rotatable bonds is 0. The molecule has 1 saturated heterocycles. The van der Waals surface area contributed by atoms with Crippen molar-refractivity contribution in [3.63, 3.8) is 0 Å². The highest BCUT2D eigenvalue weighted by molar-refractivity contribution is 5.87. The summed E-state index contributed by atoms with van der Waals surface area (Å²) in [6, 6.07) is -0.465. The highest BCUT2D eigenvalue weighted by Crippen LogP contribution is 2.04. The molecule has 1 heterocycles. The van der Waals surface area contributed by atoms with Gasteiger partial charge in [-0.1, -0.05) is 0 Å². The summed E-state index contributed by atoms with van der Waals surface area (Å²) in [7, 11) is 0. The second kappa shape index (κ2) is 4.42. The van der Waals surface area contributed by atoms with Gasteiger partial charge in [0, 0.05) is 26.4 Å². The molecule has 12 heavy (non-hydrogen) atoms. The van der Waals surface area contributed by atoms with E-state index in [1.807, 2.05) is 0 Å². The third-order valence-electron chi connectivity index (χ3n) is 1.90. The van der Waals surface area contributed by atoms with Crippen LogP contribution in [0.1, 0.15) is 13.3 Å². The van der Waals surface area contributed by atoms with Crippen LogP contribution in [-0.4, -0.2) is 35.7 Å². The highest BCUT2D eigenvalue weighted by Gasteiger charge is 2.24. The van der Waals surface area contributed by atoms with Crippen molar-refractivity contribution in [3.8, 4) is 0 Å². The molecule has 1 unspecified atom stereocenters. The minimum atomic E-state index is -0.465. The Morgan fingerprint density at radius 3 is 2.67 bits per heavy atom. The maximum atomic E-state index is 10.9. The number of likely N-dealkylation sites (tertiary alicyclic amines) is 1. The number of ketones is 1. The molecule has 70 valence electrons. The first kappa shape index (κ1) is 11.4. The Hall–Kier alpha value is -0.610. The predicted molar refractivity (Wildman–Crippen MR) is 47.1 cm³/mol. The first-order valence-corrected chi connectivity index (χ1v) is 3.65. The van der Waals surface area contributed by atoms with E-state index in [4.69, 9.17) is 5.73 Å². The van der Waals surface area contributed by atoms with Crippen LogP contribution < -0.4 is 5.73 Å². The number of carbonyl (C=O) groups excluding carboxylic acids is 2. The summed E-state index contributed by atoms with van der Waals surface area (Å²) in [4.78, 5) is 23.3. The smallest absolute Gasteiger partial charge is 0.219 e. The van der Waals surface area contributed by atoms with Gasteiger partial charge in [0.1, 0.15) is 0 Å². The predicted octanol–water partition coefficient (Wildman–Crippen LogP) is -0.443. The summed E-state index contributed by atoms with van der Waals surface area (Å²) >= 11 is 0. The molecule has 0 bridgehead atoms. The molecule has 0 aliphatic carbocycles. The molecule has 0 spiro atoms. The average molecular weight is 193 g/mol. The van der Waals surface area contributed by atoms with Crippen molar-refractivity contribution in [2.75, 3.05) is 13.1 Å². The van der Waals surface area contributed by atoms with E-state index in [9.17, 15) is 9.59 Å². The number of nitrogens with zero attached hydrogens (tertiary/aromatic N) is 1. The maximum Gasteiger partial charge on any atom is 0.219 e. The summed E-state index contributed by atoms with van der Waals surface area (Å²) < 4.78 is 0. The second-order valence-electron chi connectivity index (χ2n) is 2.79.